The SMILES string of the molecule is COc1ccc(-c2nc(-c3ccc(N)cc3)cc3[nH]nc(N)c23)cc1. The third-order valence-corrected chi connectivity index (χ3v) is 4.14. The number of nitrogens with one attached hydrogen (secondary N) is 1. The van der Waals surface area contributed by atoms with Crippen molar-refractivity contribution in [3.05, 3.63) is 54.6 Å². The van der Waals surface area contributed by atoms with Gasteiger partial charge >= 0.3 is 0 Å². The number of rotatable bonds is 3. The number of hydrogen-bond acceptors (Lipinski definition) is 5. The lowest BCUT2D eigenvalue weighted by atomic mass is 10.0. The molecule has 0 saturated carbocycles. The Morgan fingerprint density at radius 3 is 2.28 bits per heavy atom. The number of fused-ring (bicyclic) bond motifs is 1. The highest BCUT2D eigenvalue weighted by molar-refractivity contribution is 6.01. The second kappa shape index (κ2) is 5.83. The summed E-state index contributed by atoms with van der Waals surface area (Å²) < 4.78 is 5.23. The Morgan fingerprint density at radius 1 is 0.920 bits per heavy atom. The van der Waals surface area contributed by atoms with Crippen LogP contribution in [0.1, 0.15) is 0 Å². The smallest absolute Gasteiger partial charge is 0.155 e. The molecule has 25 heavy (non-hydrogen) atoms. The van der Waals surface area contributed by atoms with Gasteiger partial charge in [-0.3, -0.25) is 5.10 Å². The number of H-pyrrole nitrogens is 1. The summed E-state index contributed by atoms with van der Waals surface area (Å²) in [5.74, 6) is 1.21. The molecule has 0 aliphatic carbocycles. The van der Waals surface area contributed by atoms with Crippen LogP contribution in [-0.2, 0) is 0 Å². The standard InChI is InChI=1S/C19H17N5O/c1-25-14-8-4-12(5-9-14)18-17-16(23-24-19(17)21)10-15(22-18)11-2-6-13(20)7-3-11/h2-10H,20H2,1H3,(H3,21,23,24). The molecule has 0 aliphatic rings. The van der Waals surface area contributed by atoms with Crippen molar-refractivity contribution in [2.45, 2.75) is 0 Å². The number of hydrogen-bond donors (Lipinski definition) is 3. The Balaban J connectivity index is 1.94. The molecule has 0 amide bonds. The van der Waals surface area contributed by atoms with Crippen LogP contribution in [0.4, 0.5) is 11.5 Å². The van der Waals surface area contributed by atoms with Gasteiger partial charge in [0.05, 0.1) is 29.4 Å². The van der Waals surface area contributed by atoms with Gasteiger partial charge in [-0.25, -0.2) is 4.98 Å². The molecule has 2 heterocycles. The van der Waals surface area contributed by atoms with Crippen molar-refractivity contribution in [1.29, 1.82) is 0 Å². The Kier molecular flexibility index (Phi) is 3.50. The Labute approximate surface area is 144 Å². The molecule has 0 aliphatic heterocycles. The van der Waals surface area contributed by atoms with Crippen LogP contribution in [0.15, 0.2) is 54.6 Å². The van der Waals surface area contributed by atoms with E-state index in [0.717, 1.165) is 39.2 Å². The van der Waals surface area contributed by atoms with E-state index in [1.807, 2.05) is 54.6 Å². The van der Waals surface area contributed by atoms with Gasteiger partial charge in [0.2, 0.25) is 0 Å². The van der Waals surface area contributed by atoms with Crippen molar-refractivity contribution in [1.82, 2.24) is 15.2 Å². The van der Waals surface area contributed by atoms with E-state index < -0.39 is 0 Å². The number of anilines is 2. The van der Waals surface area contributed by atoms with Crippen molar-refractivity contribution in [2.24, 2.45) is 0 Å². The lowest BCUT2D eigenvalue weighted by molar-refractivity contribution is 0.415. The molecule has 6 nitrogen and oxygen atoms in total. The number of nitrogens with two attached hydrogens (primary N) is 2. The van der Waals surface area contributed by atoms with Crippen LogP contribution in [0.3, 0.4) is 0 Å². The summed E-state index contributed by atoms with van der Waals surface area (Å²) >= 11 is 0. The van der Waals surface area contributed by atoms with Crippen LogP contribution in [0.5, 0.6) is 5.75 Å². The number of aromatic amines is 1. The predicted octanol–water partition coefficient (Wildman–Crippen LogP) is 3.46. The maximum atomic E-state index is 6.06. The van der Waals surface area contributed by atoms with Gasteiger partial charge in [0.1, 0.15) is 5.75 Å². The topological polar surface area (TPSA) is 103 Å². The molecule has 0 radical (unpaired) electrons. The summed E-state index contributed by atoms with van der Waals surface area (Å²) in [4.78, 5) is 4.84. The molecule has 6 heteroatoms. The number of pyridine rings is 1. The zero-order valence-electron chi connectivity index (χ0n) is 13.7. The second-order valence-electron chi connectivity index (χ2n) is 5.74. The molecule has 0 unspecified atom stereocenters. The minimum atomic E-state index is 0.428. The molecule has 5 N–H and O–H groups in total. The summed E-state index contributed by atoms with van der Waals surface area (Å²) in [6, 6.07) is 17.3. The molecule has 2 aromatic heterocycles. The third-order valence-electron chi connectivity index (χ3n) is 4.14. The first-order valence-corrected chi connectivity index (χ1v) is 7.80. The van der Waals surface area contributed by atoms with Crippen molar-refractivity contribution < 1.29 is 4.74 Å². The highest BCUT2D eigenvalue weighted by Gasteiger charge is 2.14. The molecule has 2 aromatic carbocycles. The van der Waals surface area contributed by atoms with E-state index in [-0.39, 0.29) is 0 Å². The fourth-order valence-corrected chi connectivity index (χ4v) is 2.83. The predicted molar refractivity (Wildman–Crippen MR) is 100 cm³/mol. The normalized spacial score (nSPS) is 10.9. The second-order valence-corrected chi connectivity index (χ2v) is 5.74. The monoisotopic (exact) mass is 331 g/mol. The molecule has 124 valence electrons. The van der Waals surface area contributed by atoms with Crippen molar-refractivity contribution in [3.63, 3.8) is 0 Å². The Morgan fingerprint density at radius 2 is 1.60 bits per heavy atom. The van der Waals surface area contributed by atoms with E-state index in [2.05, 4.69) is 10.2 Å². The lowest BCUT2D eigenvalue weighted by Gasteiger charge is -2.09. The largest absolute Gasteiger partial charge is 0.497 e. The van der Waals surface area contributed by atoms with E-state index in [9.17, 15) is 0 Å². The first-order chi connectivity index (χ1) is 12.2. The third kappa shape index (κ3) is 2.63. The van der Waals surface area contributed by atoms with Gasteiger partial charge in [0.25, 0.3) is 0 Å². The molecule has 4 rings (SSSR count). The maximum absolute atomic E-state index is 6.06. The summed E-state index contributed by atoms with van der Waals surface area (Å²) in [7, 11) is 1.64. The van der Waals surface area contributed by atoms with Gasteiger partial charge in [-0.15, -0.1) is 0 Å². The van der Waals surface area contributed by atoms with Crippen LogP contribution in [0.25, 0.3) is 33.4 Å². The van der Waals surface area contributed by atoms with Crippen LogP contribution in [-0.4, -0.2) is 22.3 Å². The molecule has 0 fully saturated rings. The average Bonchev–Trinajstić information content (AvgIpc) is 3.03. The lowest BCUT2D eigenvalue weighted by Crippen LogP contribution is -1.93. The van der Waals surface area contributed by atoms with E-state index >= 15 is 0 Å². The fourth-order valence-electron chi connectivity index (χ4n) is 2.83. The zero-order chi connectivity index (χ0) is 17.4. The molecular formula is C19H17N5O. The summed E-state index contributed by atoms with van der Waals surface area (Å²) in [6.07, 6.45) is 0. The van der Waals surface area contributed by atoms with E-state index in [1.54, 1.807) is 7.11 Å². The van der Waals surface area contributed by atoms with E-state index in [0.29, 0.717) is 11.5 Å². The van der Waals surface area contributed by atoms with Crippen LogP contribution in [0.2, 0.25) is 0 Å². The molecule has 0 spiro atoms. The summed E-state index contributed by atoms with van der Waals surface area (Å²) in [5.41, 5.74) is 16.9. The van der Waals surface area contributed by atoms with Gasteiger partial charge in [-0.2, -0.15) is 5.10 Å². The summed E-state index contributed by atoms with van der Waals surface area (Å²) in [6.45, 7) is 0. The number of benzene rings is 2. The quantitative estimate of drug-likeness (QED) is 0.499. The minimum Gasteiger partial charge on any atom is -0.497 e. The van der Waals surface area contributed by atoms with Crippen LogP contribution >= 0.6 is 0 Å². The molecule has 4 aromatic rings. The first kappa shape index (κ1) is 15.0. The zero-order valence-corrected chi connectivity index (χ0v) is 13.7. The van der Waals surface area contributed by atoms with Gasteiger partial charge in [0, 0.05) is 16.8 Å². The number of nitrogens with zero attached hydrogens (tertiary/aromatic N) is 2. The number of methoxy groups -OCH3 is 1. The molecule has 0 saturated heterocycles. The number of aromatic nitrogens is 3. The first-order valence-electron chi connectivity index (χ1n) is 7.80. The fraction of sp³-hybridized carbons (Fsp3) is 0.0526. The van der Waals surface area contributed by atoms with E-state index in [4.69, 9.17) is 21.2 Å². The van der Waals surface area contributed by atoms with Crippen molar-refractivity contribution in [3.8, 4) is 28.3 Å². The molecule has 0 bridgehead atoms. The molecular weight excluding hydrogens is 314 g/mol. The minimum absolute atomic E-state index is 0.428. The van der Waals surface area contributed by atoms with Crippen molar-refractivity contribution in [2.75, 3.05) is 18.6 Å². The van der Waals surface area contributed by atoms with Crippen LogP contribution in [0, 0.1) is 0 Å². The van der Waals surface area contributed by atoms with Gasteiger partial charge in [0.15, 0.2) is 5.82 Å². The Hall–Kier alpha value is -3.54. The number of nitrogen functional groups attached to an aromatic ring is 2. The van der Waals surface area contributed by atoms with E-state index in [1.165, 1.54) is 0 Å². The maximum Gasteiger partial charge on any atom is 0.155 e. The van der Waals surface area contributed by atoms with Gasteiger partial charge in [-0.05, 0) is 42.5 Å². The average molecular weight is 331 g/mol. The van der Waals surface area contributed by atoms with Gasteiger partial charge in [-0.1, -0.05) is 12.1 Å². The van der Waals surface area contributed by atoms with Crippen LogP contribution < -0.4 is 16.2 Å². The highest BCUT2D eigenvalue weighted by Crippen LogP contribution is 2.34. The Bertz CT molecular complexity index is 1040. The molecule has 0 atom stereocenters. The highest BCUT2D eigenvalue weighted by atomic mass is 16.5. The number of ether oxygens (including phenoxy) is 1. The van der Waals surface area contributed by atoms with Crippen molar-refractivity contribution >= 4 is 22.4 Å². The van der Waals surface area contributed by atoms with Gasteiger partial charge < -0.3 is 16.2 Å². The summed E-state index contributed by atoms with van der Waals surface area (Å²) in [5, 5.41) is 7.92.